The Labute approximate surface area is 176 Å². The number of aliphatic imine (C=N–C) groups is 1. The van der Waals surface area contributed by atoms with Crippen molar-refractivity contribution in [2.45, 2.75) is 31.8 Å². The molecule has 0 aliphatic carbocycles. The summed E-state index contributed by atoms with van der Waals surface area (Å²) in [7, 11) is 1.79. The summed E-state index contributed by atoms with van der Waals surface area (Å²) in [5.74, 6) is 2.54. The highest BCUT2D eigenvalue weighted by Crippen LogP contribution is 2.24. The molecule has 2 aromatic heterocycles. The van der Waals surface area contributed by atoms with Crippen molar-refractivity contribution in [1.82, 2.24) is 30.7 Å². The normalized spacial score (nSPS) is 16.4. The molecule has 3 N–H and O–H groups in total. The van der Waals surface area contributed by atoms with E-state index in [0.717, 1.165) is 48.3 Å². The SMILES string of the molecule is CN=C(NCc1cccc(-c2ncn[nH]2)c1)NCC(c1ccco1)N1CCCCC1. The van der Waals surface area contributed by atoms with Crippen LogP contribution in [0.3, 0.4) is 0 Å². The second kappa shape index (κ2) is 10.1. The number of rotatable bonds is 7. The summed E-state index contributed by atoms with van der Waals surface area (Å²) in [4.78, 5) is 11.1. The number of benzene rings is 1. The van der Waals surface area contributed by atoms with Crippen LogP contribution in [0.2, 0.25) is 0 Å². The molecule has 4 rings (SSSR count). The van der Waals surface area contributed by atoms with E-state index in [9.17, 15) is 0 Å². The Bertz CT molecular complexity index is 915. The van der Waals surface area contributed by atoms with E-state index in [1.54, 1.807) is 13.3 Å². The van der Waals surface area contributed by atoms with E-state index in [0.29, 0.717) is 6.54 Å². The van der Waals surface area contributed by atoms with Crippen molar-refractivity contribution >= 4 is 5.96 Å². The number of piperidine rings is 1. The Morgan fingerprint density at radius 1 is 1.20 bits per heavy atom. The third kappa shape index (κ3) is 5.07. The molecule has 8 heteroatoms. The molecule has 8 nitrogen and oxygen atoms in total. The quantitative estimate of drug-likeness (QED) is 0.412. The van der Waals surface area contributed by atoms with Crippen LogP contribution >= 0.6 is 0 Å². The smallest absolute Gasteiger partial charge is 0.191 e. The van der Waals surface area contributed by atoms with Crippen LogP contribution in [0.1, 0.15) is 36.6 Å². The van der Waals surface area contributed by atoms with Gasteiger partial charge in [0.1, 0.15) is 12.1 Å². The van der Waals surface area contributed by atoms with Crippen LogP contribution in [0.25, 0.3) is 11.4 Å². The second-order valence-electron chi connectivity index (χ2n) is 7.47. The molecule has 1 aliphatic rings. The van der Waals surface area contributed by atoms with Gasteiger partial charge < -0.3 is 15.1 Å². The highest BCUT2D eigenvalue weighted by Gasteiger charge is 2.24. The summed E-state index contributed by atoms with van der Waals surface area (Å²) in [5.41, 5.74) is 2.16. The fourth-order valence-electron chi connectivity index (χ4n) is 3.89. The topological polar surface area (TPSA) is 94.4 Å². The van der Waals surface area contributed by atoms with E-state index in [1.165, 1.54) is 25.6 Å². The minimum atomic E-state index is 0.202. The van der Waals surface area contributed by atoms with Crippen molar-refractivity contribution in [2.24, 2.45) is 4.99 Å². The zero-order chi connectivity index (χ0) is 20.6. The summed E-state index contributed by atoms with van der Waals surface area (Å²) in [5, 5.41) is 13.7. The number of aromatic amines is 1. The Morgan fingerprint density at radius 2 is 2.10 bits per heavy atom. The third-order valence-corrected chi connectivity index (χ3v) is 5.46. The van der Waals surface area contributed by atoms with E-state index in [2.05, 4.69) is 53.9 Å². The maximum Gasteiger partial charge on any atom is 0.191 e. The molecule has 30 heavy (non-hydrogen) atoms. The van der Waals surface area contributed by atoms with Crippen LogP contribution in [0.15, 0.2) is 58.4 Å². The van der Waals surface area contributed by atoms with Gasteiger partial charge in [0.2, 0.25) is 0 Å². The molecule has 0 spiro atoms. The standard InChI is InChI=1S/C22H29N7O/c1-23-22(24-14-17-7-5-8-18(13-17)21-26-16-27-28-21)25-15-19(20-9-6-12-30-20)29-10-3-2-4-11-29/h5-9,12-13,16,19H,2-4,10-11,14-15H2,1H3,(H2,23,24,25)(H,26,27,28). The largest absolute Gasteiger partial charge is 0.468 e. The fourth-order valence-corrected chi connectivity index (χ4v) is 3.89. The lowest BCUT2D eigenvalue weighted by molar-refractivity contribution is 0.146. The van der Waals surface area contributed by atoms with E-state index in [4.69, 9.17) is 4.42 Å². The maximum atomic E-state index is 5.74. The lowest BCUT2D eigenvalue weighted by atomic mass is 10.1. The molecule has 0 amide bonds. The summed E-state index contributed by atoms with van der Waals surface area (Å²) in [6, 6.07) is 12.4. The Kier molecular flexibility index (Phi) is 6.76. The first-order valence-electron chi connectivity index (χ1n) is 10.5. The Hall–Kier alpha value is -3.13. The number of nitrogens with one attached hydrogen (secondary N) is 3. The monoisotopic (exact) mass is 407 g/mol. The van der Waals surface area contributed by atoms with E-state index in [-0.39, 0.29) is 6.04 Å². The first-order chi connectivity index (χ1) is 14.8. The number of hydrogen-bond donors (Lipinski definition) is 3. The average molecular weight is 408 g/mol. The lowest BCUT2D eigenvalue weighted by Crippen LogP contribution is -2.44. The molecule has 1 fully saturated rings. The van der Waals surface area contributed by atoms with Crippen molar-refractivity contribution in [1.29, 1.82) is 0 Å². The third-order valence-electron chi connectivity index (χ3n) is 5.46. The van der Waals surface area contributed by atoms with Crippen LogP contribution in [-0.4, -0.2) is 52.7 Å². The first kappa shape index (κ1) is 20.2. The summed E-state index contributed by atoms with van der Waals surface area (Å²) < 4.78 is 5.74. The van der Waals surface area contributed by atoms with Gasteiger partial charge in [0.15, 0.2) is 11.8 Å². The van der Waals surface area contributed by atoms with Crippen molar-refractivity contribution in [3.05, 3.63) is 60.3 Å². The molecule has 0 saturated carbocycles. The van der Waals surface area contributed by atoms with Crippen molar-refractivity contribution < 1.29 is 4.42 Å². The van der Waals surface area contributed by atoms with Crippen LogP contribution in [0.4, 0.5) is 0 Å². The minimum absolute atomic E-state index is 0.202. The number of guanidine groups is 1. The molecule has 1 saturated heterocycles. The molecule has 3 heterocycles. The first-order valence-corrected chi connectivity index (χ1v) is 10.5. The number of hydrogen-bond acceptors (Lipinski definition) is 5. The van der Waals surface area contributed by atoms with E-state index < -0.39 is 0 Å². The van der Waals surface area contributed by atoms with Crippen LogP contribution in [0.5, 0.6) is 0 Å². The van der Waals surface area contributed by atoms with Gasteiger partial charge >= 0.3 is 0 Å². The van der Waals surface area contributed by atoms with Gasteiger partial charge in [0.25, 0.3) is 0 Å². The van der Waals surface area contributed by atoms with Crippen molar-refractivity contribution in [2.75, 3.05) is 26.7 Å². The number of nitrogens with zero attached hydrogens (tertiary/aromatic N) is 4. The molecular weight excluding hydrogens is 378 g/mol. The zero-order valence-corrected chi connectivity index (χ0v) is 17.3. The average Bonchev–Trinajstić information content (AvgIpc) is 3.52. The number of aromatic nitrogens is 3. The minimum Gasteiger partial charge on any atom is -0.468 e. The van der Waals surface area contributed by atoms with Gasteiger partial charge in [-0.2, -0.15) is 5.10 Å². The molecule has 0 radical (unpaired) electrons. The second-order valence-corrected chi connectivity index (χ2v) is 7.47. The van der Waals surface area contributed by atoms with Crippen molar-refractivity contribution in [3.63, 3.8) is 0 Å². The van der Waals surface area contributed by atoms with E-state index >= 15 is 0 Å². The molecule has 1 atom stereocenters. The van der Waals surface area contributed by atoms with Gasteiger partial charge in [0, 0.05) is 25.7 Å². The number of likely N-dealkylation sites (tertiary alicyclic amines) is 1. The van der Waals surface area contributed by atoms with Crippen molar-refractivity contribution in [3.8, 4) is 11.4 Å². The summed E-state index contributed by atoms with van der Waals surface area (Å²) in [6.07, 6.45) is 7.06. The highest BCUT2D eigenvalue weighted by molar-refractivity contribution is 5.79. The number of H-pyrrole nitrogens is 1. The fraction of sp³-hybridized carbons (Fsp3) is 0.409. The van der Waals surface area contributed by atoms with Crippen LogP contribution in [-0.2, 0) is 6.54 Å². The molecule has 0 bridgehead atoms. The molecule has 158 valence electrons. The summed E-state index contributed by atoms with van der Waals surface area (Å²) in [6.45, 7) is 3.61. The highest BCUT2D eigenvalue weighted by atomic mass is 16.3. The van der Waals surface area contributed by atoms with Gasteiger partial charge in [0.05, 0.1) is 12.3 Å². The number of furan rings is 1. The van der Waals surface area contributed by atoms with Gasteiger partial charge in [-0.05, 0) is 49.7 Å². The molecule has 1 aromatic carbocycles. The molecule has 1 unspecified atom stereocenters. The maximum absolute atomic E-state index is 5.74. The molecular formula is C22H29N7O. The Morgan fingerprint density at radius 3 is 2.83 bits per heavy atom. The van der Waals surface area contributed by atoms with Crippen LogP contribution in [0, 0.1) is 0 Å². The molecule has 1 aliphatic heterocycles. The lowest BCUT2D eigenvalue weighted by Gasteiger charge is -2.33. The molecule has 3 aromatic rings. The van der Waals surface area contributed by atoms with Gasteiger partial charge in [-0.3, -0.25) is 15.0 Å². The van der Waals surface area contributed by atoms with Crippen LogP contribution < -0.4 is 10.6 Å². The summed E-state index contributed by atoms with van der Waals surface area (Å²) >= 11 is 0. The predicted molar refractivity (Wildman–Crippen MR) is 117 cm³/mol. The Balaban J connectivity index is 1.35. The zero-order valence-electron chi connectivity index (χ0n) is 17.3. The van der Waals surface area contributed by atoms with Gasteiger partial charge in [-0.25, -0.2) is 4.98 Å². The van der Waals surface area contributed by atoms with Gasteiger partial charge in [-0.15, -0.1) is 0 Å². The van der Waals surface area contributed by atoms with E-state index in [1.807, 2.05) is 18.2 Å². The van der Waals surface area contributed by atoms with Gasteiger partial charge in [-0.1, -0.05) is 24.6 Å². The predicted octanol–water partition coefficient (Wildman–Crippen LogP) is 2.96.